The summed E-state index contributed by atoms with van der Waals surface area (Å²) < 4.78 is 11.6. The summed E-state index contributed by atoms with van der Waals surface area (Å²) in [6.45, 7) is 7.90. The van der Waals surface area contributed by atoms with Gasteiger partial charge in [0.2, 0.25) is 0 Å². The SMILES string of the molecule is C[C@@H]1C(=O)OCC2=C3C[C@@H](CC[C@]3(C)C=CC2=O)[C@@H](C)C(=O)OCC2=C3C[C@H]1CC[C@]3(C)C=CC2=O. The van der Waals surface area contributed by atoms with E-state index in [9.17, 15) is 19.2 Å². The maximum absolute atomic E-state index is 13.2. The molecule has 0 spiro atoms. The number of carbonyl (C=O) groups is 4. The molecule has 6 nitrogen and oxygen atoms in total. The van der Waals surface area contributed by atoms with E-state index in [1.54, 1.807) is 12.2 Å². The molecule has 5 aliphatic rings. The average Bonchev–Trinajstić information content (AvgIpc) is 2.86. The van der Waals surface area contributed by atoms with Crippen LogP contribution in [-0.4, -0.2) is 36.7 Å². The van der Waals surface area contributed by atoms with E-state index >= 15 is 0 Å². The third-order valence-corrected chi connectivity index (χ3v) is 9.78. The number of hydrogen-bond acceptors (Lipinski definition) is 6. The normalized spacial score (nSPS) is 39.2. The molecule has 36 heavy (non-hydrogen) atoms. The predicted octanol–water partition coefficient (Wildman–Crippen LogP) is 4.84. The van der Waals surface area contributed by atoms with Gasteiger partial charge in [-0.15, -0.1) is 0 Å². The van der Waals surface area contributed by atoms with Gasteiger partial charge in [0.05, 0.1) is 11.8 Å². The molecule has 0 radical (unpaired) electrons. The van der Waals surface area contributed by atoms with Crippen molar-refractivity contribution in [1.29, 1.82) is 0 Å². The Morgan fingerprint density at radius 1 is 0.694 bits per heavy atom. The number of ether oxygens (including phenoxy) is 2. The Kier molecular flexibility index (Phi) is 6.20. The summed E-state index contributed by atoms with van der Waals surface area (Å²) in [7, 11) is 0. The Bertz CT molecular complexity index is 1060. The Morgan fingerprint density at radius 2 is 1.08 bits per heavy atom. The van der Waals surface area contributed by atoms with Crippen molar-refractivity contribution in [3.63, 3.8) is 0 Å². The molecule has 4 bridgehead atoms. The average molecular weight is 493 g/mol. The molecule has 0 aromatic heterocycles. The van der Waals surface area contributed by atoms with Crippen LogP contribution in [0.3, 0.4) is 0 Å². The third kappa shape index (κ3) is 4.12. The third-order valence-electron chi connectivity index (χ3n) is 9.78. The topological polar surface area (TPSA) is 86.7 Å². The second-order valence-corrected chi connectivity index (χ2v) is 11.9. The van der Waals surface area contributed by atoms with E-state index in [1.165, 1.54) is 0 Å². The lowest BCUT2D eigenvalue weighted by atomic mass is 9.62. The predicted molar refractivity (Wildman–Crippen MR) is 133 cm³/mol. The van der Waals surface area contributed by atoms with Crippen LogP contribution in [0.25, 0.3) is 0 Å². The minimum atomic E-state index is -0.370. The number of cyclic esters (lactones) is 2. The number of carbonyl (C=O) groups excluding carboxylic acids is 4. The van der Waals surface area contributed by atoms with Crippen molar-refractivity contribution < 1.29 is 28.7 Å². The van der Waals surface area contributed by atoms with Crippen LogP contribution >= 0.6 is 0 Å². The minimum Gasteiger partial charge on any atom is -0.460 e. The summed E-state index contributed by atoms with van der Waals surface area (Å²) in [6.07, 6.45) is 11.6. The van der Waals surface area contributed by atoms with Gasteiger partial charge < -0.3 is 9.47 Å². The molecule has 0 unspecified atom stereocenters. The van der Waals surface area contributed by atoms with Gasteiger partial charge in [0.25, 0.3) is 0 Å². The van der Waals surface area contributed by atoms with E-state index in [4.69, 9.17) is 9.47 Å². The summed E-state index contributed by atoms with van der Waals surface area (Å²) >= 11 is 0. The Balaban J connectivity index is 1.52. The van der Waals surface area contributed by atoms with Gasteiger partial charge in [-0.1, -0.05) is 39.8 Å². The van der Waals surface area contributed by atoms with Crippen LogP contribution in [0, 0.1) is 34.5 Å². The highest BCUT2D eigenvalue weighted by atomic mass is 16.5. The second-order valence-electron chi connectivity index (χ2n) is 11.9. The van der Waals surface area contributed by atoms with E-state index in [1.807, 2.05) is 26.0 Å². The Hall–Kier alpha value is -2.76. The van der Waals surface area contributed by atoms with E-state index in [0.717, 1.165) is 36.8 Å². The molecule has 0 amide bonds. The molecule has 0 saturated heterocycles. The van der Waals surface area contributed by atoms with Gasteiger partial charge in [0.15, 0.2) is 11.6 Å². The highest BCUT2D eigenvalue weighted by Crippen LogP contribution is 2.51. The molecule has 6 atom stereocenters. The second kappa shape index (κ2) is 8.97. The van der Waals surface area contributed by atoms with Gasteiger partial charge in [0.1, 0.15) is 13.2 Å². The molecule has 2 fully saturated rings. The highest BCUT2D eigenvalue weighted by molar-refractivity contribution is 6.07. The fourth-order valence-corrected chi connectivity index (χ4v) is 6.89. The van der Waals surface area contributed by atoms with Crippen LogP contribution < -0.4 is 0 Å². The quantitative estimate of drug-likeness (QED) is 0.450. The van der Waals surface area contributed by atoms with E-state index in [0.29, 0.717) is 24.0 Å². The number of esters is 2. The number of ketones is 2. The first kappa shape index (κ1) is 24.9. The number of allylic oxidation sites excluding steroid dienone is 6. The monoisotopic (exact) mass is 492 g/mol. The Labute approximate surface area is 212 Å². The Morgan fingerprint density at radius 3 is 1.47 bits per heavy atom. The summed E-state index contributed by atoms with van der Waals surface area (Å²) in [5.41, 5.74) is 2.51. The minimum absolute atomic E-state index is 0.0151. The van der Waals surface area contributed by atoms with Gasteiger partial charge >= 0.3 is 11.9 Å². The van der Waals surface area contributed by atoms with Crippen LogP contribution in [0.4, 0.5) is 0 Å². The highest BCUT2D eigenvalue weighted by Gasteiger charge is 2.44. The molecule has 0 N–H and O–H groups in total. The molecule has 4 aliphatic carbocycles. The van der Waals surface area contributed by atoms with Crippen molar-refractivity contribution in [3.8, 4) is 0 Å². The number of fused-ring (bicyclic) bond motifs is 2. The van der Waals surface area contributed by atoms with Gasteiger partial charge in [-0.2, -0.15) is 0 Å². The molecule has 6 heteroatoms. The molecule has 0 aromatic carbocycles. The largest absolute Gasteiger partial charge is 0.460 e. The van der Waals surface area contributed by atoms with Crippen molar-refractivity contribution in [2.45, 2.75) is 66.2 Å². The molecular formula is C30H36O6. The molecule has 2 saturated carbocycles. The lowest BCUT2D eigenvalue weighted by Gasteiger charge is -2.43. The van der Waals surface area contributed by atoms with Crippen LogP contribution in [0.1, 0.15) is 66.2 Å². The molecule has 0 aromatic rings. The standard InChI is InChI=1S/C30H36O6/c1-17-19-5-9-29(3)11-7-26(32)22(23(29)13-19)16-36-28(34)18(2)20-6-10-30(4)12-8-25(31)21(24(30)14-20)15-35-27(17)33/h7-8,11-12,17-20H,5-6,9-10,13-16H2,1-4H3/t17-,18+,19-,20-,29-,30-/m1/s1. The van der Waals surface area contributed by atoms with Crippen molar-refractivity contribution in [1.82, 2.24) is 0 Å². The summed E-state index contributed by atoms with van der Waals surface area (Å²) in [5, 5.41) is 0. The first-order chi connectivity index (χ1) is 17.0. The number of rotatable bonds is 0. The van der Waals surface area contributed by atoms with Crippen molar-refractivity contribution in [2.24, 2.45) is 34.5 Å². The maximum atomic E-state index is 13.2. The fraction of sp³-hybridized carbons (Fsp3) is 0.600. The van der Waals surface area contributed by atoms with Crippen molar-refractivity contribution in [3.05, 3.63) is 46.6 Å². The molecule has 5 rings (SSSR count). The van der Waals surface area contributed by atoms with E-state index in [-0.39, 0.29) is 71.2 Å². The zero-order valence-electron chi connectivity index (χ0n) is 21.7. The van der Waals surface area contributed by atoms with Gasteiger partial charge in [0, 0.05) is 22.0 Å². The van der Waals surface area contributed by atoms with E-state index in [2.05, 4.69) is 13.8 Å². The zero-order chi connectivity index (χ0) is 25.8. The summed E-state index contributed by atoms with van der Waals surface area (Å²) in [5.74, 6) is -1.55. The lowest BCUT2D eigenvalue weighted by molar-refractivity contribution is -0.149. The van der Waals surface area contributed by atoms with Crippen LogP contribution in [0.5, 0.6) is 0 Å². The van der Waals surface area contributed by atoms with Crippen molar-refractivity contribution >= 4 is 23.5 Å². The van der Waals surface area contributed by atoms with E-state index < -0.39 is 0 Å². The number of hydrogen-bond donors (Lipinski definition) is 0. The smallest absolute Gasteiger partial charge is 0.309 e. The summed E-state index contributed by atoms with van der Waals surface area (Å²) in [4.78, 5) is 52.1. The van der Waals surface area contributed by atoms with Gasteiger partial charge in [-0.05, 0) is 73.7 Å². The first-order valence-electron chi connectivity index (χ1n) is 13.3. The zero-order valence-corrected chi connectivity index (χ0v) is 21.7. The molecular weight excluding hydrogens is 456 g/mol. The van der Waals surface area contributed by atoms with Crippen LogP contribution in [0.2, 0.25) is 0 Å². The molecule has 192 valence electrons. The first-order valence-corrected chi connectivity index (χ1v) is 13.3. The van der Waals surface area contributed by atoms with Crippen LogP contribution in [0.15, 0.2) is 46.6 Å². The molecule has 1 aliphatic heterocycles. The van der Waals surface area contributed by atoms with Gasteiger partial charge in [-0.25, -0.2) is 0 Å². The fourth-order valence-electron chi connectivity index (χ4n) is 6.89. The summed E-state index contributed by atoms with van der Waals surface area (Å²) in [6, 6.07) is 0. The molecule has 1 heterocycles. The van der Waals surface area contributed by atoms with Gasteiger partial charge in [-0.3, -0.25) is 19.2 Å². The van der Waals surface area contributed by atoms with Crippen LogP contribution in [-0.2, 0) is 28.7 Å². The lowest BCUT2D eigenvalue weighted by Crippen LogP contribution is -2.38. The maximum Gasteiger partial charge on any atom is 0.309 e. The van der Waals surface area contributed by atoms with Crippen molar-refractivity contribution in [2.75, 3.05) is 13.2 Å².